The van der Waals surface area contributed by atoms with Gasteiger partial charge in [0.15, 0.2) is 18.4 Å². The minimum absolute atomic E-state index is 0.000265. The second-order valence-electron chi connectivity index (χ2n) is 13.7. The number of carboxylic acid groups (broad SMARTS) is 1. The van der Waals surface area contributed by atoms with E-state index in [1.165, 1.54) is 19.4 Å². The molecular formula is C36H56N5O14+. The van der Waals surface area contributed by atoms with E-state index in [2.05, 4.69) is 22.2 Å². The van der Waals surface area contributed by atoms with Gasteiger partial charge in [0.1, 0.15) is 43.2 Å². The molecule has 1 saturated carbocycles. The zero-order valence-corrected chi connectivity index (χ0v) is 30.9. The number of carbonyl (C=O) groups excluding carboxylic acids is 1. The van der Waals surface area contributed by atoms with Gasteiger partial charge in [0, 0.05) is 19.1 Å². The maximum Gasteiger partial charge on any atom is 0.339 e. The first kappa shape index (κ1) is 44.0. The lowest BCUT2D eigenvalue weighted by molar-refractivity contribution is -0.843. The van der Waals surface area contributed by atoms with Gasteiger partial charge in [-0.25, -0.2) is 9.59 Å². The summed E-state index contributed by atoms with van der Waals surface area (Å²) in [4.78, 5) is 31.1. The molecule has 19 nitrogen and oxygen atoms in total. The number of nitrogens with zero attached hydrogens (tertiary/aromatic N) is 1. The summed E-state index contributed by atoms with van der Waals surface area (Å²) in [5, 5.41) is 76.9. The van der Waals surface area contributed by atoms with Gasteiger partial charge in [0.05, 0.1) is 49.0 Å². The molecular weight excluding hydrogens is 726 g/mol. The number of nitrogens with one attached hydrogen (secondary N) is 3. The number of carboxylic acids is 1. The van der Waals surface area contributed by atoms with Crippen molar-refractivity contribution >= 4 is 17.9 Å². The standard InChI is InChI=1S/C36H55N5O14/c1-3-23-24(11-10-21-16-41(13-15-43)17-25(31(46)47)28(21)40-35(37)39-12-7-14-42)26(32(48)53-22-8-5-4-6-9-22)19-51-33(23)55-34-30(52-20-38-2)36(49,50)29(45)27(18-44)54-34/h3,10-11,16,19,22-24,27,29-30,33-34,38,42-45,49-50H,1,4-9,12-15,17-18,20H2,2H3,(H,46,47)(H3,37,39,40)/p+1. The van der Waals surface area contributed by atoms with Gasteiger partial charge in [-0.3, -0.25) is 10.3 Å². The lowest BCUT2D eigenvalue weighted by atomic mass is 9.83. The van der Waals surface area contributed by atoms with Gasteiger partial charge in [-0.05, 0) is 39.2 Å². The molecule has 19 heteroatoms. The van der Waals surface area contributed by atoms with Crippen molar-refractivity contribution in [3.05, 3.63) is 59.7 Å². The van der Waals surface area contributed by atoms with Crippen molar-refractivity contribution in [2.24, 2.45) is 22.6 Å². The molecule has 3 heterocycles. The number of rotatable bonds is 18. The van der Waals surface area contributed by atoms with Gasteiger partial charge in [0.2, 0.25) is 12.1 Å². The number of esters is 1. The molecule has 1 saturated heterocycles. The highest BCUT2D eigenvalue weighted by Crippen LogP contribution is 2.39. The number of hydrogen-bond donors (Lipinski definition) is 11. The second-order valence-corrected chi connectivity index (χ2v) is 13.7. The largest absolute Gasteiger partial charge is 0.478 e. The third-order valence-corrected chi connectivity index (χ3v) is 9.75. The molecule has 0 bridgehead atoms. The number of aliphatic carboxylic acids is 1. The van der Waals surface area contributed by atoms with E-state index in [-0.39, 0.29) is 68.5 Å². The Morgan fingerprint density at radius 2 is 1.91 bits per heavy atom. The van der Waals surface area contributed by atoms with Crippen LogP contribution in [0.15, 0.2) is 64.7 Å². The Balaban J connectivity index is 1.75. The summed E-state index contributed by atoms with van der Waals surface area (Å²) in [6.45, 7) is 2.95. The van der Waals surface area contributed by atoms with E-state index in [1.54, 1.807) is 18.4 Å². The molecule has 8 atom stereocenters. The third-order valence-electron chi connectivity index (χ3n) is 9.75. The van der Waals surface area contributed by atoms with Crippen molar-refractivity contribution in [1.29, 1.82) is 0 Å². The number of ether oxygens (including phenoxy) is 5. The summed E-state index contributed by atoms with van der Waals surface area (Å²) in [6, 6.07) is 0. The SMILES string of the molecule is C=CC1C(OC2OC(CO)C(O)C(O)(O)C2OCNC)OC=C(C(=O)OC2CCCCC2)C1C=CC1=C[NH+](CCO)CC(C(=O)O)=C1NC(N)=NCCCO. The van der Waals surface area contributed by atoms with E-state index in [9.17, 15) is 40.2 Å². The predicted octanol–water partition coefficient (Wildman–Crippen LogP) is -3.19. The zero-order chi connectivity index (χ0) is 40.1. The number of aliphatic hydroxyl groups excluding tert-OH is 4. The molecule has 12 N–H and O–H groups in total. The molecule has 8 unspecified atom stereocenters. The number of quaternary nitrogens is 1. The Morgan fingerprint density at radius 1 is 1.16 bits per heavy atom. The summed E-state index contributed by atoms with van der Waals surface area (Å²) >= 11 is 0. The lowest BCUT2D eigenvalue weighted by Gasteiger charge is -2.47. The van der Waals surface area contributed by atoms with Crippen molar-refractivity contribution in [3.63, 3.8) is 0 Å². The molecule has 0 aromatic heterocycles. The minimum Gasteiger partial charge on any atom is -0.478 e. The van der Waals surface area contributed by atoms with Crippen LogP contribution in [0.3, 0.4) is 0 Å². The van der Waals surface area contributed by atoms with Crippen LogP contribution in [0.4, 0.5) is 0 Å². The van der Waals surface area contributed by atoms with Gasteiger partial charge in [-0.1, -0.05) is 24.6 Å². The van der Waals surface area contributed by atoms with Crippen LogP contribution in [-0.2, 0) is 33.3 Å². The number of aliphatic imine (C=N–C) groups is 1. The van der Waals surface area contributed by atoms with E-state index in [4.69, 9.17) is 34.5 Å². The van der Waals surface area contributed by atoms with Crippen molar-refractivity contribution in [2.75, 3.05) is 53.2 Å². The zero-order valence-electron chi connectivity index (χ0n) is 30.9. The van der Waals surface area contributed by atoms with Crippen LogP contribution < -0.4 is 21.3 Å². The van der Waals surface area contributed by atoms with Crippen molar-refractivity contribution < 1.29 is 73.9 Å². The predicted molar refractivity (Wildman–Crippen MR) is 193 cm³/mol. The molecule has 4 aliphatic rings. The van der Waals surface area contributed by atoms with Gasteiger partial charge < -0.3 is 75.4 Å². The fourth-order valence-corrected chi connectivity index (χ4v) is 6.84. The Hall–Kier alpha value is -3.73. The smallest absolute Gasteiger partial charge is 0.339 e. The molecule has 4 rings (SSSR count). The minimum atomic E-state index is -2.94. The Morgan fingerprint density at radius 3 is 2.55 bits per heavy atom. The lowest BCUT2D eigenvalue weighted by Crippen LogP contribution is -3.09. The Kier molecular flexibility index (Phi) is 16.8. The topological polar surface area (TPSA) is 289 Å². The quantitative estimate of drug-likeness (QED) is 0.0163. The van der Waals surface area contributed by atoms with Gasteiger partial charge in [-0.2, -0.15) is 0 Å². The maximum atomic E-state index is 13.8. The molecule has 55 heavy (non-hydrogen) atoms. The summed E-state index contributed by atoms with van der Waals surface area (Å²) in [5.74, 6) is -6.75. The molecule has 1 aliphatic carbocycles. The second kappa shape index (κ2) is 21.0. The van der Waals surface area contributed by atoms with Crippen LogP contribution in [0.5, 0.6) is 0 Å². The number of hydrogen-bond acceptors (Lipinski definition) is 15. The number of allylic oxidation sites excluding steroid dienone is 2. The van der Waals surface area contributed by atoms with E-state index >= 15 is 0 Å². The van der Waals surface area contributed by atoms with Crippen molar-refractivity contribution in [2.45, 2.75) is 81.3 Å². The molecule has 0 aromatic carbocycles. The fourth-order valence-electron chi connectivity index (χ4n) is 6.84. The highest BCUT2D eigenvalue weighted by molar-refractivity contribution is 5.92. The first-order valence-electron chi connectivity index (χ1n) is 18.4. The average molecular weight is 783 g/mol. The van der Waals surface area contributed by atoms with Crippen LogP contribution in [-0.4, -0.2) is 150 Å². The van der Waals surface area contributed by atoms with Crippen LogP contribution in [0.2, 0.25) is 0 Å². The molecule has 0 spiro atoms. The number of carbonyl (C=O) groups is 2. The van der Waals surface area contributed by atoms with Crippen molar-refractivity contribution in [1.82, 2.24) is 10.6 Å². The molecule has 308 valence electrons. The summed E-state index contributed by atoms with van der Waals surface area (Å²) in [6.07, 6.45) is 3.63. The van der Waals surface area contributed by atoms with E-state index in [0.717, 1.165) is 19.3 Å². The van der Waals surface area contributed by atoms with Crippen LogP contribution in [0, 0.1) is 11.8 Å². The van der Waals surface area contributed by atoms with Gasteiger partial charge in [0.25, 0.3) is 0 Å². The number of aliphatic hydroxyl groups is 6. The van der Waals surface area contributed by atoms with Crippen LogP contribution in [0.25, 0.3) is 0 Å². The average Bonchev–Trinajstić information content (AvgIpc) is 3.16. The molecule has 0 aromatic rings. The van der Waals surface area contributed by atoms with Crippen LogP contribution in [0.1, 0.15) is 38.5 Å². The number of nitrogens with two attached hydrogens (primary N) is 1. The number of guanidine groups is 1. The normalized spacial score (nSPS) is 30.3. The molecule has 3 aliphatic heterocycles. The highest BCUT2D eigenvalue weighted by Gasteiger charge is 2.57. The first-order chi connectivity index (χ1) is 26.4. The fraction of sp³-hybridized carbons (Fsp3) is 0.639. The van der Waals surface area contributed by atoms with Crippen molar-refractivity contribution in [3.8, 4) is 0 Å². The summed E-state index contributed by atoms with van der Waals surface area (Å²) in [5.41, 5.74) is 6.60. The summed E-state index contributed by atoms with van der Waals surface area (Å²) in [7, 11) is 1.54. The first-order valence-corrected chi connectivity index (χ1v) is 18.4. The summed E-state index contributed by atoms with van der Waals surface area (Å²) < 4.78 is 29.3. The Labute approximate surface area is 319 Å². The van der Waals surface area contributed by atoms with E-state index in [0.29, 0.717) is 29.7 Å². The van der Waals surface area contributed by atoms with E-state index in [1.807, 2.05) is 0 Å². The molecule has 2 fully saturated rings. The van der Waals surface area contributed by atoms with E-state index < -0.39 is 67.1 Å². The van der Waals surface area contributed by atoms with Crippen LogP contribution >= 0.6 is 0 Å². The maximum absolute atomic E-state index is 13.8. The molecule has 0 amide bonds. The van der Waals surface area contributed by atoms with Gasteiger partial charge in [-0.15, -0.1) is 6.58 Å². The van der Waals surface area contributed by atoms with Gasteiger partial charge >= 0.3 is 11.9 Å². The monoisotopic (exact) mass is 782 g/mol. The third kappa shape index (κ3) is 11.2. The highest BCUT2D eigenvalue weighted by atomic mass is 16.8. The Bertz CT molecular complexity index is 1480. The molecule has 0 radical (unpaired) electrons.